The van der Waals surface area contributed by atoms with Crippen LogP contribution in [0, 0.1) is 0 Å². The number of carbonyl (C=O) groups excluding carboxylic acids is 1. The molecule has 3 rings (SSSR count). The molecule has 0 radical (unpaired) electrons. The van der Waals surface area contributed by atoms with Crippen LogP contribution in [0.1, 0.15) is 12.8 Å². The lowest BCUT2D eigenvalue weighted by Crippen LogP contribution is -2.37. The summed E-state index contributed by atoms with van der Waals surface area (Å²) in [6.07, 6.45) is 2.74. The van der Waals surface area contributed by atoms with Gasteiger partial charge in [0.2, 0.25) is 5.91 Å². The number of thioether (sulfide) groups is 1. The quantitative estimate of drug-likeness (QED) is 0.862. The fourth-order valence-electron chi connectivity index (χ4n) is 2.64. The van der Waals surface area contributed by atoms with E-state index in [2.05, 4.69) is 4.98 Å². The van der Waals surface area contributed by atoms with E-state index in [-0.39, 0.29) is 11.5 Å². The minimum atomic E-state index is -0.0348. The zero-order valence-electron chi connectivity index (χ0n) is 12.4. The first-order chi connectivity index (χ1) is 10.8. The molecule has 1 amide bonds. The van der Waals surface area contributed by atoms with Crippen LogP contribution in [0.3, 0.4) is 0 Å². The van der Waals surface area contributed by atoms with Gasteiger partial charge in [-0.15, -0.1) is 0 Å². The van der Waals surface area contributed by atoms with Crippen LogP contribution in [-0.4, -0.2) is 45.0 Å². The fourth-order valence-corrected chi connectivity index (χ4v) is 3.54. The van der Waals surface area contributed by atoms with Crippen molar-refractivity contribution in [3.05, 3.63) is 40.9 Å². The summed E-state index contributed by atoms with van der Waals surface area (Å²) >= 11 is 1.89. The van der Waals surface area contributed by atoms with Crippen LogP contribution < -0.4 is 5.56 Å². The number of aromatic nitrogens is 2. The molecule has 0 bridgehead atoms. The third-order valence-corrected chi connectivity index (χ3v) is 4.83. The van der Waals surface area contributed by atoms with Gasteiger partial charge in [0.1, 0.15) is 0 Å². The Kier molecular flexibility index (Phi) is 4.77. The van der Waals surface area contributed by atoms with Gasteiger partial charge in [0.15, 0.2) is 0 Å². The molecule has 5 nitrogen and oxygen atoms in total. The van der Waals surface area contributed by atoms with E-state index >= 15 is 0 Å². The molecule has 1 aromatic heterocycles. The van der Waals surface area contributed by atoms with Crippen molar-refractivity contribution < 1.29 is 4.79 Å². The monoisotopic (exact) mass is 317 g/mol. The smallest absolute Gasteiger partial charge is 0.261 e. The van der Waals surface area contributed by atoms with Crippen molar-refractivity contribution in [2.45, 2.75) is 19.4 Å². The van der Waals surface area contributed by atoms with Gasteiger partial charge in [-0.3, -0.25) is 14.2 Å². The van der Waals surface area contributed by atoms with Crippen molar-refractivity contribution in [2.24, 2.45) is 0 Å². The number of hydrogen-bond donors (Lipinski definition) is 0. The lowest BCUT2D eigenvalue weighted by Gasteiger charge is -2.26. The predicted octanol–water partition coefficient (Wildman–Crippen LogP) is 1.75. The van der Waals surface area contributed by atoms with Gasteiger partial charge in [0.05, 0.1) is 17.2 Å². The average molecular weight is 317 g/mol. The van der Waals surface area contributed by atoms with Crippen molar-refractivity contribution in [1.29, 1.82) is 0 Å². The summed E-state index contributed by atoms with van der Waals surface area (Å²) in [5.74, 6) is 2.25. The Hall–Kier alpha value is -1.82. The van der Waals surface area contributed by atoms with Gasteiger partial charge in [-0.1, -0.05) is 12.1 Å². The number of benzene rings is 1. The van der Waals surface area contributed by atoms with E-state index in [1.165, 1.54) is 0 Å². The number of amides is 1. The number of rotatable bonds is 4. The van der Waals surface area contributed by atoms with Crippen molar-refractivity contribution in [1.82, 2.24) is 14.5 Å². The Morgan fingerprint density at radius 3 is 2.82 bits per heavy atom. The van der Waals surface area contributed by atoms with E-state index in [1.807, 2.05) is 34.9 Å². The minimum Gasteiger partial charge on any atom is -0.341 e. The average Bonchev–Trinajstić information content (AvgIpc) is 2.58. The largest absolute Gasteiger partial charge is 0.341 e. The molecule has 0 N–H and O–H groups in total. The first-order valence-electron chi connectivity index (χ1n) is 7.55. The lowest BCUT2D eigenvalue weighted by atomic mass is 10.2. The maximum atomic E-state index is 12.3. The van der Waals surface area contributed by atoms with E-state index in [0.717, 1.165) is 24.6 Å². The summed E-state index contributed by atoms with van der Waals surface area (Å²) in [5.41, 5.74) is 0.679. The number of para-hydroxylation sites is 1. The SMILES string of the molecule is O=C(CCCn1cnc2ccccc2c1=O)N1CCSCC1. The molecule has 1 aliphatic rings. The summed E-state index contributed by atoms with van der Waals surface area (Å²) in [7, 11) is 0. The van der Waals surface area contributed by atoms with Crippen LogP contribution in [0.15, 0.2) is 35.4 Å². The second kappa shape index (κ2) is 6.96. The Morgan fingerprint density at radius 1 is 1.23 bits per heavy atom. The van der Waals surface area contributed by atoms with Crippen LogP contribution >= 0.6 is 11.8 Å². The van der Waals surface area contributed by atoms with Crippen LogP contribution in [0.5, 0.6) is 0 Å². The van der Waals surface area contributed by atoms with Gasteiger partial charge in [0.25, 0.3) is 5.56 Å². The first-order valence-corrected chi connectivity index (χ1v) is 8.71. The van der Waals surface area contributed by atoms with Crippen LogP contribution in [-0.2, 0) is 11.3 Å². The maximum absolute atomic E-state index is 12.3. The molecule has 2 aromatic rings. The number of carbonyl (C=O) groups is 1. The molecular weight excluding hydrogens is 298 g/mol. The van der Waals surface area contributed by atoms with E-state index in [0.29, 0.717) is 30.3 Å². The van der Waals surface area contributed by atoms with Gasteiger partial charge in [-0.2, -0.15) is 11.8 Å². The topological polar surface area (TPSA) is 55.2 Å². The van der Waals surface area contributed by atoms with Gasteiger partial charge < -0.3 is 4.90 Å². The Morgan fingerprint density at radius 2 is 2.00 bits per heavy atom. The summed E-state index contributed by atoms with van der Waals surface area (Å²) in [6, 6.07) is 7.33. The van der Waals surface area contributed by atoms with Crippen molar-refractivity contribution >= 4 is 28.6 Å². The highest BCUT2D eigenvalue weighted by Crippen LogP contribution is 2.11. The van der Waals surface area contributed by atoms with Crippen molar-refractivity contribution in [3.63, 3.8) is 0 Å². The molecule has 1 aromatic carbocycles. The fraction of sp³-hybridized carbons (Fsp3) is 0.438. The molecule has 1 saturated heterocycles. The van der Waals surface area contributed by atoms with E-state index in [9.17, 15) is 9.59 Å². The van der Waals surface area contributed by atoms with Crippen molar-refractivity contribution in [3.8, 4) is 0 Å². The molecule has 0 spiro atoms. The highest BCUT2D eigenvalue weighted by molar-refractivity contribution is 7.99. The highest BCUT2D eigenvalue weighted by atomic mass is 32.2. The van der Waals surface area contributed by atoms with Crippen LogP contribution in [0.2, 0.25) is 0 Å². The first kappa shape index (κ1) is 15.1. The Labute approximate surface area is 133 Å². The molecule has 1 aliphatic heterocycles. The third kappa shape index (κ3) is 3.32. The summed E-state index contributed by atoms with van der Waals surface area (Å²) < 4.78 is 1.60. The van der Waals surface area contributed by atoms with E-state index in [4.69, 9.17) is 0 Å². The molecule has 116 valence electrons. The normalized spacial score (nSPS) is 15.2. The molecule has 1 fully saturated rings. The molecule has 22 heavy (non-hydrogen) atoms. The van der Waals surface area contributed by atoms with Crippen LogP contribution in [0.4, 0.5) is 0 Å². The van der Waals surface area contributed by atoms with E-state index in [1.54, 1.807) is 17.0 Å². The zero-order chi connectivity index (χ0) is 15.4. The van der Waals surface area contributed by atoms with Gasteiger partial charge in [0, 0.05) is 37.6 Å². The Balaban J connectivity index is 1.61. The van der Waals surface area contributed by atoms with Crippen molar-refractivity contribution in [2.75, 3.05) is 24.6 Å². The highest BCUT2D eigenvalue weighted by Gasteiger charge is 2.16. The third-order valence-electron chi connectivity index (χ3n) is 3.88. The summed E-state index contributed by atoms with van der Waals surface area (Å²) in [6.45, 7) is 2.23. The van der Waals surface area contributed by atoms with Gasteiger partial charge in [-0.05, 0) is 18.6 Å². The number of nitrogens with zero attached hydrogens (tertiary/aromatic N) is 3. The molecule has 0 atom stereocenters. The molecule has 0 unspecified atom stereocenters. The lowest BCUT2D eigenvalue weighted by molar-refractivity contribution is -0.130. The number of aryl methyl sites for hydroxylation is 1. The van der Waals surface area contributed by atoms with Crippen LogP contribution in [0.25, 0.3) is 10.9 Å². The molecule has 0 aliphatic carbocycles. The summed E-state index contributed by atoms with van der Waals surface area (Å²) in [4.78, 5) is 30.7. The second-order valence-electron chi connectivity index (χ2n) is 5.36. The molecule has 6 heteroatoms. The maximum Gasteiger partial charge on any atom is 0.261 e. The zero-order valence-corrected chi connectivity index (χ0v) is 13.2. The Bertz CT molecular complexity index is 723. The van der Waals surface area contributed by atoms with Gasteiger partial charge >= 0.3 is 0 Å². The minimum absolute atomic E-state index is 0.0348. The van der Waals surface area contributed by atoms with Gasteiger partial charge in [-0.25, -0.2) is 4.98 Å². The standard InChI is InChI=1S/C16H19N3O2S/c20-15(18-8-10-22-11-9-18)6-3-7-19-12-17-14-5-2-1-4-13(14)16(19)21/h1-2,4-5,12H,3,6-11H2. The number of fused-ring (bicyclic) bond motifs is 1. The van der Waals surface area contributed by atoms with E-state index < -0.39 is 0 Å². The summed E-state index contributed by atoms with van der Waals surface area (Å²) in [5, 5.41) is 0.629. The molecule has 0 saturated carbocycles. The predicted molar refractivity (Wildman–Crippen MR) is 89.1 cm³/mol. The molecule has 2 heterocycles. The molecular formula is C16H19N3O2S. The number of hydrogen-bond acceptors (Lipinski definition) is 4. The second-order valence-corrected chi connectivity index (χ2v) is 6.58.